The second kappa shape index (κ2) is 8.16. The van der Waals surface area contributed by atoms with Crippen molar-refractivity contribution in [2.75, 3.05) is 13.7 Å². The molecule has 0 bridgehead atoms. The molecule has 1 aromatic heterocycles. The fourth-order valence-electron chi connectivity index (χ4n) is 1.61. The minimum atomic E-state index is -1.06. The van der Waals surface area contributed by atoms with Crippen LogP contribution in [-0.4, -0.2) is 36.7 Å². The van der Waals surface area contributed by atoms with Gasteiger partial charge in [0.05, 0.1) is 0 Å². The first-order valence-corrected chi connectivity index (χ1v) is 6.29. The van der Waals surface area contributed by atoms with Crippen LogP contribution in [0.25, 0.3) is 6.08 Å². The molecule has 2 N–H and O–H groups in total. The molecule has 0 saturated heterocycles. The number of aryl methyl sites for hydroxylation is 1. The lowest BCUT2D eigenvalue weighted by atomic mass is 10.1. The monoisotopic (exact) mass is 281 g/mol. The number of ether oxygens (including phenoxy) is 1. The van der Waals surface area contributed by atoms with Crippen LogP contribution < -0.4 is 5.32 Å². The van der Waals surface area contributed by atoms with Crippen LogP contribution in [0.4, 0.5) is 0 Å². The molecule has 0 aliphatic carbocycles. The zero-order chi connectivity index (χ0) is 15.0. The zero-order valence-electron chi connectivity index (χ0n) is 11.6. The van der Waals surface area contributed by atoms with Crippen molar-refractivity contribution in [3.63, 3.8) is 0 Å². The lowest BCUT2D eigenvalue weighted by Gasteiger charge is -2.12. The maximum Gasteiger partial charge on any atom is 0.326 e. The van der Waals surface area contributed by atoms with Crippen LogP contribution in [0.5, 0.6) is 0 Å². The molecular formula is C14H19NO5. The van der Waals surface area contributed by atoms with E-state index in [-0.39, 0.29) is 0 Å². The highest BCUT2D eigenvalue weighted by molar-refractivity contribution is 5.94. The number of methoxy groups -OCH3 is 1. The van der Waals surface area contributed by atoms with Crippen molar-refractivity contribution in [3.8, 4) is 0 Å². The molecule has 0 aliphatic rings. The first-order chi connectivity index (χ1) is 9.52. The van der Waals surface area contributed by atoms with Crippen LogP contribution in [0.1, 0.15) is 24.4 Å². The third-order valence-electron chi connectivity index (χ3n) is 2.62. The number of carbonyl (C=O) groups is 2. The Balaban J connectivity index is 2.49. The summed E-state index contributed by atoms with van der Waals surface area (Å²) in [5.74, 6) is -0.238. The van der Waals surface area contributed by atoms with Gasteiger partial charge in [-0.1, -0.05) is 0 Å². The van der Waals surface area contributed by atoms with Crippen molar-refractivity contribution in [1.82, 2.24) is 5.32 Å². The van der Waals surface area contributed by atoms with Crippen molar-refractivity contribution in [1.29, 1.82) is 0 Å². The third kappa shape index (κ3) is 5.71. The number of rotatable bonds is 8. The summed E-state index contributed by atoms with van der Waals surface area (Å²) in [5.41, 5.74) is 0. The van der Waals surface area contributed by atoms with E-state index >= 15 is 0 Å². The number of hydrogen-bond donors (Lipinski definition) is 2. The second-order valence-electron chi connectivity index (χ2n) is 4.32. The third-order valence-corrected chi connectivity index (χ3v) is 2.62. The van der Waals surface area contributed by atoms with Crippen LogP contribution in [-0.2, 0) is 14.3 Å². The summed E-state index contributed by atoms with van der Waals surface area (Å²) in [4.78, 5) is 22.6. The number of amides is 1. The van der Waals surface area contributed by atoms with Crippen molar-refractivity contribution in [2.24, 2.45) is 0 Å². The minimum Gasteiger partial charge on any atom is -0.480 e. The molecule has 0 aromatic carbocycles. The van der Waals surface area contributed by atoms with Crippen molar-refractivity contribution >= 4 is 18.0 Å². The lowest BCUT2D eigenvalue weighted by Crippen LogP contribution is -2.40. The summed E-state index contributed by atoms with van der Waals surface area (Å²) >= 11 is 0. The standard InChI is InChI=1S/C14H19NO5/c1-10-5-6-11(20-10)7-8-13(16)15-12(14(17)18)4-3-9-19-2/h5-8,12H,3-4,9H2,1-2H3,(H,15,16)(H,17,18)/b8-7+. The van der Waals surface area contributed by atoms with E-state index in [4.69, 9.17) is 14.3 Å². The van der Waals surface area contributed by atoms with E-state index < -0.39 is 17.9 Å². The summed E-state index contributed by atoms with van der Waals surface area (Å²) < 4.78 is 10.1. The predicted octanol–water partition coefficient (Wildman–Crippen LogP) is 1.60. The van der Waals surface area contributed by atoms with Gasteiger partial charge < -0.3 is 19.6 Å². The van der Waals surface area contributed by atoms with Gasteiger partial charge in [0.2, 0.25) is 5.91 Å². The summed E-state index contributed by atoms with van der Waals surface area (Å²) in [6.07, 6.45) is 3.64. The second-order valence-corrected chi connectivity index (χ2v) is 4.32. The topological polar surface area (TPSA) is 88.8 Å². The van der Waals surface area contributed by atoms with Crippen LogP contribution >= 0.6 is 0 Å². The van der Waals surface area contributed by atoms with Gasteiger partial charge in [0, 0.05) is 19.8 Å². The number of aliphatic carboxylic acids is 1. The van der Waals surface area contributed by atoms with E-state index in [1.807, 2.05) is 0 Å². The molecule has 1 atom stereocenters. The van der Waals surface area contributed by atoms with Gasteiger partial charge in [-0.05, 0) is 38.0 Å². The first kappa shape index (κ1) is 16.0. The molecule has 6 nitrogen and oxygen atoms in total. The Morgan fingerprint density at radius 2 is 2.25 bits per heavy atom. The van der Waals surface area contributed by atoms with Crippen LogP contribution in [0, 0.1) is 6.92 Å². The Morgan fingerprint density at radius 1 is 1.50 bits per heavy atom. The number of furan rings is 1. The molecular weight excluding hydrogens is 262 g/mol. The van der Waals surface area contributed by atoms with Crippen molar-refractivity contribution in [3.05, 3.63) is 29.7 Å². The maximum absolute atomic E-state index is 11.6. The molecule has 1 rings (SSSR count). The summed E-state index contributed by atoms with van der Waals surface area (Å²) in [6, 6.07) is 2.59. The van der Waals surface area contributed by atoms with E-state index in [1.54, 1.807) is 26.2 Å². The fourth-order valence-corrected chi connectivity index (χ4v) is 1.61. The highest BCUT2D eigenvalue weighted by Gasteiger charge is 2.18. The van der Waals surface area contributed by atoms with Gasteiger partial charge in [0.15, 0.2) is 0 Å². The van der Waals surface area contributed by atoms with Crippen molar-refractivity contribution < 1.29 is 23.8 Å². The van der Waals surface area contributed by atoms with E-state index in [2.05, 4.69) is 5.32 Å². The van der Waals surface area contributed by atoms with Crippen LogP contribution in [0.15, 0.2) is 22.6 Å². The van der Waals surface area contributed by atoms with E-state index in [0.717, 1.165) is 5.76 Å². The molecule has 1 amide bonds. The normalized spacial score (nSPS) is 12.5. The van der Waals surface area contributed by atoms with Gasteiger partial charge in [0.1, 0.15) is 17.6 Å². The summed E-state index contributed by atoms with van der Waals surface area (Å²) in [7, 11) is 1.54. The number of nitrogens with one attached hydrogen (secondary N) is 1. The molecule has 6 heteroatoms. The molecule has 1 unspecified atom stereocenters. The molecule has 110 valence electrons. The molecule has 20 heavy (non-hydrogen) atoms. The molecule has 0 fully saturated rings. The molecule has 1 heterocycles. The quantitative estimate of drug-likeness (QED) is 0.558. The van der Waals surface area contributed by atoms with E-state index in [0.29, 0.717) is 25.2 Å². The molecule has 0 aliphatic heterocycles. The maximum atomic E-state index is 11.6. The highest BCUT2D eigenvalue weighted by Crippen LogP contribution is 2.07. The Bertz CT molecular complexity index is 478. The van der Waals surface area contributed by atoms with Gasteiger partial charge in [-0.15, -0.1) is 0 Å². The Morgan fingerprint density at radius 3 is 2.80 bits per heavy atom. The smallest absolute Gasteiger partial charge is 0.326 e. The number of carbonyl (C=O) groups excluding carboxylic acids is 1. The van der Waals surface area contributed by atoms with Crippen molar-refractivity contribution in [2.45, 2.75) is 25.8 Å². The Hall–Kier alpha value is -2.08. The van der Waals surface area contributed by atoms with Gasteiger partial charge in [0.25, 0.3) is 0 Å². The number of carboxylic acid groups (broad SMARTS) is 1. The summed E-state index contributed by atoms with van der Waals surface area (Å²) in [5, 5.41) is 11.4. The Labute approximate surface area is 117 Å². The SMILES string of the molecule is COCCCC(NC(=O)/C=C/c1ccc(C)o1)C(=O)O. The average Bonchev–Trinajstić information content (AvgIpc) is 2.81. The van der Waals surface area contributed by atoms with E-state index in [1.165, 1.54) is 12.2 Å². The van der Waals surface area contributed by atoms with Gasteiger partial charge >= 0.3 is 5.97 Å². The fraction of sp³-hybridized carbons (Fsp3) is 0.429. The van der Waals surface area contributed by atoms with Gasteiger partial charge in [-0.3, -0.25) is 4.79 Å². The van der Waals surface area contributed by atoms with Crippen LogP contribution in [0.2, 0.25) is 0 Å². The first-order valence-electron chi connectivity index (χ1n) is 6.29. The molecule has 0 radical (unpaired) electrons. The average molecular weight is 281 g/mol. The van der Waals surface area contributed by atoms with Gasteiger partial charge in [-0.25, -0.2) is 4.79 Å². The predicted molar refractivity (Wildman–Crippen MR) is 73.2 cm³/mol. The molecule has 1 aromatic rings. The largest absolute Gasteiger partial charge is 0.480 e. The number of carboxylic acids is 1. The number of hydrogen-bond acceptors (Lipinski definition) is 4. The highest BCUT2D eigenvalue weighted by atomic mass is 16.5. The zero-order valence-corrected chi connectivity index (χ0v) is 11.6. The molecule has 0 spiro atoms. The minimum absolute atomic E-state index is 0.322. The van der Waals surface area contributed by atoms with Gasteiger partial charge in [-0.2, -0.15) is 0 Å². The van der Waals surface area contributed by atoms with E-state index in [9.17, 15) is 9.59 Å². The Kier molecular flexibility index (Phi) is 6.52. The van der Waals surface area contributed by atoms with Crippen LogP contribution in [0.3, 0.4) is 0 Å². The lowest BCUT2D eigenvalue weighted by molar-refractivity contribution is -0.141. The summed E-state index contributed by atoms with van der Waals surface area (Å²) in [6.45, 7) is 2.26. The molecule has 0 saturated carbocycles.